The van der Waals surface area contributed by atoms with Crippen molar-refractivity contribution in [3.8, 4) is 0 Å². The van der Waals surface area contributed by atoms with Gasteiger partial charge in [-0.3, -0.25) is 9.59 Å². The Balaban J connectivity index is 1.76. The molecule has 124 valence electrons. The van der Waals surface area contributed by atoms with Crippen LogP contribution >= 0.6 is 0 Å². The zero-order valence-electron chi connectivity index (χ0n) is 13.3. The molecule has 0 saturated heterocycles. The molecule has 1 aromatic carbocycles. The van der Waals surface area contributed by atoms with Crippen LogP contribution in [0.3, 0.4) is 0 Å². The Bertz CT molecular complexity index is 837. The second-order valence-corrected chi connectivity index (χ2v) is 5.62. The van der Waals surface area contributed by atoms with Crippen molar-refractivity contribution in [3.63, 3.8) is 0 Å². The number of hydrogen-bond donors (Lipinski definition) is 2. The van der Waals surface area contributed by atoms with Crippen LogP contribution in [0.25, 0.3) is 0 Å². The van der Waals surface area contributed by atoms with Crippen LogP contribution < -0.4 is 10.9 Å². The molecule has 2 N–H and O–H groups in total. The third-order valence-corrected chi connectivity index (χ3v) is 3.99. The highest BCUT2D eigenvalue weighted by molar-refractivity contribution is 6.04. The summed E-state index contributed by atoms with van der Waals surface area (Å²) in [6.45, 7) is 2.04. The Morgan fingerprint density at radius 1 is 1.21 bits per heavy atom. The first-order chi connectivity index (χ1) is 11.6. The molecule has 2 aromatic rings. The number of fused-ring (bicyclic) bond motifs is 1. The molecule has 0 atom stereocenters. The molecule has 1 aliphatic carbocycles. The van der Waals surface area contributed by atoms with E-state index < -0.39 is 11.9 Å². The molecule has 24 heavy (non-hydrogen) atoms. The Labute approximate surface area is 138 Å². The van der Waals surface area contributed by atoms with E-state index in [0.717, 1.165) is 30.5 Å². The van der Waals surface area contributed by atoms with E-state index in [2.05, 4.69) is 10.3 Å². The van der Waals surface area contributed by atoms with Crippen LogP contribution in [-0.4, -0.2) is 23.5 Å². The average molecular weight is 326 g/mol. The number of H-pyrrole nitrogens is 1. The van der Waals surface area contributed by atoms with Gasteiger partial charge in [0, 0.05) is 11.4 Å². The Morgan fingerprint density at radius 2 is 1.96 bits per heavy atom. The molecular weight excluding hydrogens is 308 g/mol. The highest BCUT2D eigenvalue weighted by Gasteiger charge is 2.18. The van der Waals surface area contributed by atoms with Crippen molar-refractivity contribution < 1.29 is 14.3 Å². The SMILES string of the molecule is CCOC(=O)c1ccc(NC(=O)c2cc3c([nH]c2=O)CCC3)cc1. The molecule has 0 spiro atoms. The standard InChI is InChI=1S/C18H18N2O4/c1-2-24-18(23)11-6-8-13(9-7-11)19-16(21)14-10-12-4-3-5-15(12)20-17(14)22/h6-10H,2-5H2,1H3,(H,19,21)(H,20,22). The summed E-state index contributed by atoms with van der Waals surface area (Å²) in [4.78, 5) is 38.8. The van der Waals surface area contributed by atoms with Gasteiger partial charge in [0.2, 0.25) is 0 Å². The molecule has 1 heterocycles. The number of rotatable bonds is 4. The minimum absolute atomic E-state index is 0.102. The van der Waals surface area contributed by atoms with Crippen molar-refractivity contribution in [2.24, 2.45) is 0 Å². The molecular formula is C18H18N2O4. The predicted octanol–water partition coefficient (Wildman–Crippen LogP) is 2.29. The first-order valence-corrected chi connectivity index (χ1v) is 7.92. The van der Waals surface area contributed by atoms with Crippen molar-refractivity contribution >= 4 is 17.6 Å². The Kier molecular flexibility index (Phi) is 4.46. The fraction of sp³-hybridized carbons (Fsp3) is 0.278. The van der Waals surface area contributed by atoms with Gasteiger partial charge in [-0.05, 0) is 62.1 Å². The largest absolute Gasteiger partial charge is 0.462 e. The fourth-order valence-electron chi connectivity index (χ4n) is 2.78. The number of aromatic amines is 1. The van der Waals surface area contributed by atoms with Crippen molar-refractivity contribution in [2.75, 3.05) is 11.9 Å². The molecule has 0 fully saturated rings. The van der Waals surface area contributed by atoms with E-state index in [1.165, 1.54) is 0 Å². The van der Waals surface area contributed by atoms with Gasteiger partial charge in [-0.25, -0.2) is 4.79 Å². The minimum Gasteiger partial charge on any atom is -0.462 e. The lowest BCUT2D eigenvalue weighted by Gasteiger charge is -2.07. The number of pyridine rings is 1. The van der Waals surface area contributed by atoms with Crippen LogP contribution in [0.5, 0.6) is 0 Å². The molecule has 0 saturated carbocycles. The van der Waals surface area contributed by atoms with Gasteiger partial charge in [0.05, 0.1) is 12.2 Å². The summed E-state index contributed by atoms with van der Waals surface area (Å²) in [5.74, 6) is -0.875. The second kappa shape index (κ2) is 6.70. The maximum atomic E-state index is 12.3. The molecule has 0 unspecified atom stereocenters. The van der Waals surface area contributed by atoms with Gasteiger partial charge in [0.15, 0.2) is 0 Å². The number of carbonyl (C=O) groups is 2. The summed E-state index contributed by atoms with van der Waals surface area (Å²) in [6.07, 6.45) is 2.72. The maximum Gasteiger partial charge on any atom is 0.338 e. The third-order valence-electron chi connectivity index (χ3n) is 3.99. The molecule has 0 bridgehead atoms. The Hall–Kier alpha value is -2.89. The number of anilines is 1. The van der Waals surface area contributed by atoms with Crippen LogP contribution in [0.2, 0.25) is 0 Å². The van der Waals surface area contributed by atoms with Gasteiger partial charge in [0.25, 0.3) is 11.5 Å². The number of nitrogens with one attached hydrogen (secondary N) is 2. The lowest BCUT2D eigenvalue weighted by atomic mass is 10.1. The van der Waals surface area contributed by atoms with Crippen LogP contribution in [0.4, 0.5) is 5.69 Å². The monoisotopic (exact) mass is 326 g/mol. The number of aryl methyl sites for hydroxylation is 2. The van der Waals surface area contributed by atoms with Crippen molar-refractivity contribution in [2.45, 2.75) is 26.2 Å². The highest BCUT2D eigenvalue weighted by atomic mass is 16.5. The maximum absolute atomic E-state index is 12.3. The zero-order valence-corrected chi connectivity index (χ0v) is 13.3. The number of amides is 1. The summed E-state index contributed by atoms with van der Waals surface area (Å²) in [5, 5.41) is 2.68. The average Bonchev–Trinajstić information content (AvgIpc) is 3.02. The van der Waals surface area contributed by atoms with Crippen molar-refractivity contribution in [1.29, 1.82) is 0 Å². The number of esters is 1. The number of aromatic nitrogens is 1. The lowest BCUT2D eigenvalue weighted by molar-refractivity contribution is 0.0526. The normalized spacial score (nSPS) is 12.5. The van der Waals surface area contributed by atoms with E-state index in [-0.39, 0.29) is 11.1 Å². The van der Waals surface area contributed by atoms with Crippen LogP contribution in [0.15, 0.2) is 35.1 Å². The van der Waals surface area contributed by atoms with E-state index in [9.17, 15) is 14.4 Å². The summed E-state index contributed by atoms with van der Waals surface area (Å²) in [5.41, 5.74) is 2.59. The molecule has 1 amide bonds. The smallest absolute Gasteiger partial charge is 0.338 e. The first-order valence-electron chi connectivity index (χ1n) is 7.92. The van der Waals surface area contributed by atoms with Crippen LogP contribution in [0, 0.1) is 0 Å². The molecule has 6 heteroatoms. The van der Waals surface area contributed by atoms with Gasteiger partial charge in [-0.15, -0.1) is 0 Å². The lowest BCUT2D eigenvalue weighted by Crippen LogP contribution is -2.24. The molecule has 0 radical (unpaired) electrons. The number of ether oxygens (including phenoxy) is 1. The molecule has 1 aliphatic rings. The van der Waals surface area contributed by atoms with E-state index in [4.69, 9.17) is 4.74 Å². The van der Waals surface area contributed by atoms with Gasteiger partial charge in [0.1, 0.15) is 5.56 Å². The van der Waals surface area contributed by atoms with E-state index in [0.29, 0.717) is 17.9 Å². The molecule has 3 rings (SSSR count). The number of hydrogen-bond acceptors (Lipinski definition) is 4. The summed E-state index contributed by atoms with van der Waals surface area (Å²) < 4.78 is 4.90. The second-order valence-electron chi connectivity index (χ2n) is 5.62. The fourth-order valence-corrected chi connectivity index (χ4v) is 2.78. The summed E-state index contributed by atoms with van der Waals surface area (Å²) in [6, 6.07) is 8.02. The topological polar surface area (TPSA) is 88.3 Å². The quantitative estimate of drug-likeness (QED) is 0.844. The first kappa shape index (κ1) is 16.0. The number of benzene rings is 1. The molecule has 0 aliphatic heterocycles. The molecule has 1 aromatic heterocycles. The zero-order chi connectivity index (χ0) is 17.1. The minimum atomic E-state index is -0.463. The van der Waals surface area contributed by atoms with Gasteiger partial charge in [-0.2, -0.15) is 0 Å². The number of carbonyl (C=O) groups excluding carboxylic acids is 2. The Morgan fingerprint density at radius 3 is 2.67 bits per heavy atom. The summed E-state index contributed by atoms with van der Waals surface area (Å²) >= 11 is 0. The van der Waals surface area contributed by atoms with Crippen LogP contribution in [-0.2, 0) is 17.6 Å². The van der Waals surface area contributed by atoms with E-state index in [1.807, 2.05) is 0 Å². The third kappa shape index (κ3) is 3.22. The van der Waals surface area contributed by atoms with Crippen molar-refractivity contribution in [3.05, 3.63) is 63.1 Å². The van der Waals surface area contributed by atoms with Gasteiger partial charge >= 0.3 is 5.97 Å². The van der Waals surface area contributed by atoms with Crippen molar-refractivity contribution in [1.82, 2.24) is 4.98 Å². The van der Waals surface area contributed by atoms with E-state index >= 15 is 0 Å². The molecule has 6 nitrogen and oxygen atoms in total. The highest BCUT2D eigenvalue weighted by Crippen LogP contribution is 2.19. The van der Waals surface area contributed by atoms with Gasteiger partial charge in [-0.1, -0.05) is 0 Å². The predicted molar refractivity (Wildman–Crippen MR) is 89.4 cm³/mol. The van der Waals surface area contributed by atoms with Gasteiger partial charge < -0.3 is 15.0 Å². The van der Waals surface area contributed by atoms with Crippen LogP contribution in [0.1, 0.15) is 45.3 Å². The summed E-state index contributed by atoms with van der Waals surface area (Å²) in [7, 11) is 0. The van der Waals surface area contributed by atoms with E-state index in [1.54, 1.807) is 37.3 Å².